The molecule has 33 heavy (non-hydrogen) atoms. The van der Waals surface area contributed by atoms with E-state index in [0.717, 1.165) is 0 Å². The third-order valence-electron chi connectivity index (χ3n) is 10.2. The number of esters is 1. The lowest BCUT2D eigenvalue weighted by Crippen LogP contribution is -2.73. The first-order valence-corrected chi connectivity index (χ1v) is 12.7. The third kappa shape index (κ3) is 3.00. The summed E-state index contributed by atoms with van der Waals surface area (Å²) in [7, 11) is 0. The van der Waals surface area contributed by atoms with Crippen LogP contribution in [0.2, 0.25) is 0 Å². The van der Waals surface area contributed by atoms with Crippen LogP contribution in [0.4, 0.5) is 8.78 Å². The van der Waals surface area contributed by atoms with E-state index in [1.54, 1.807) is 27.7 Å². The molecule has 0 amide bonds. The van der Waals surface area contributed by atoms with E-state index in [1.807, 2.05) is 0 Å². The molecule has 4 fully saturated rings. The highest BCUT2D eigenvalue weighted by Gasteiger charge is 2.78. The minimum Gasteiger partial charge on any atom is -0.450 e. The van der Waals surface area contributed by atoms with Crippen LogP contribution in [-0.2, 0) is 19.1 Å². The van der Waals surface area contributed by atoms with E-state index in [-0.39, 0.29) is 50.2 Å². The normalized spacial score (nSPS) is 51.3. The van der Waals surface area contributed by atoms with E-state index in [9.17, 15) is 19.5 Å². The molecule has 4 aliphatic carbocycles. The van der Waals surface area contributed by atoms with Crippen LogP contribution >= 0.6 is 11.6 Å². The van der Waals surface area contributed by atoms with E-state index in [4.69, 9.17) is 16.3 Å². The molecule has 5 nitrogen and oxygen atoms in total. The first-order chi connectivity index (χ1) is 15.3. The number of ketones is 2. The summed E-state index contributed by atoms with van der Waals surface area (Å²) in [4.78, 5) is 37.9. The van der Waals surface area contributed by atoms with Crippen molar-refractivity contribution in [3.05, 3.63) is 0 Å². The molecule has 4 rings (SSSR count). The summed E-state index contributed by atoms with van der Waals surface area (Å²) in [6, 6.07) is 0. The van der Waals surface area contributed by atoms with Crippen molar-refractivity contribution in [2.75, 3.05) is 5.88 Å². The number of fused-ring (bicyclic) bond motifs is 5. The van der Waals surface area contributed by atoms with Gasteiger partial charge in [-0.1, -0.05) is 27.7 Å². The largest absolute Gasteiger partial charge is 0.450 e. The van der Waals surface area contributed by atoms with Gasteiger partial charge in [-0.15, -0.1) is 11.6 Å². The fourth-order valence-corrected chi connectivity index (χ4v) is 8.77. The lowest BCUT2D eigenvalue weighted by Gasteiger charge is -2.65. The Morgan fingerprint density at radius 3 is 2.45 bits per heavy atom. The van der Waals surface area contributed by atoms with Gasteiger partial charge in [0, 0.05) is 47.8 Å². The van der Waals surface area contributed by atoms with Crippen molar-refractivity contribution < 1.29 is 33.0 Å². The Hall–Kier alpha value is -1.08. The van der Waals surface area contributed by atoms with Crippen LogP contribution in [0.25, 0.3) is 0 Å². The van der Waals surface area contributed by atoms with Gasteiger partial charge < -0.3 is 9.84 Å². The summed E-state index contributed by atoms with van der Waals surface area (Å²) >= 11 is 5.99. The van der Waals surface area contributed by atoms with Crippen molar-refractivity contribution >= 4 is 29.1 Å². The van der Waals surface area contributed by atoms with Crippen molar-refractivity contribution in [1.29, 1.82) is 0 Å². The monoisotopic (exact) mass is 488 g/mol. The lowest BCUT2D eigenvalue weighted by atomic mass is 9.41. The molecular formula is C25H35ClF2O5. The fourth-order valence-electron chi connectivity index (χ4n) is 8.57. The predicted molar refractivity (Wildman–Crippen MR) is 118 cm³/mol. The van der Waals surface area contributed by atoms with E-state index >= 15 is 8.78 Å². The number of carbonyl (C=O) groups excluding carboxylic acids is 3. The van der Waals surface area contributed by atoms with Crippen LogP contribution in [-0.4, -0.2) is 52.1 Å². The molecule has 0 bridgehead atoms. The molecular weight excluding hydrogens is 454 g/mol. The Morgan fingerprint density at radius 1 is 1.18 bits per heavy atom. The van der Waals surface area contributed by atoms with E-state index in [1.165, 1.54) is 0 Å². The predicted octanol–water partition coefficient (Wildman–Crippen LogP) is 4.36. The van der Waals surface area contributed by atoms with Crippen LogP contribution in [0.3, 0.4) is 0 Å². The SMILES string of the molecule is CCC(=O)O[C@@]1(C(=O)CCl)[C@@H](C)C[C@H]2[C@@H]3C[C@H](F)[C@@H]4CC(=O)CC[C@]4(C)[C@@]3(F)[C@@H](O)C[C@@]21C. The average molecular weight is 489 g/mol. The van der Waals surface area contributed by atoms with E-state index in [2.05, 4.69) is 0 Å². The third-order valence-corrected chi connectivity index (χ3v) is 10.4. The molecule has 0 aromatic carbocycles. The van der Waals surface area contributed by atoms with Crippen LogP contribution in [0.15, 0.2) is 0 Å². The molecule has 1 N–H and O–H groups in total. The number of alkyl halides is 3. The second-order valence-electron chi connectivity index (χ2n) is 11.4. The Bertz CT molecular complexity index is 868. The van der Waals surface area contributed by atoms with Gasteiger partial charge in [0.25, 0.3) is 0 Å². The maximum absolute atomic E-state index is 17.3. The number of aliphatic hydroxyl groups excluding tert-OH is 1. The number of carbonyl (C=O) groups is 3. The first-order valence-electron chi connectivity index (χ1n) is 12.2. The highest BCUT2D eigenvalue weighted by molar-refractivity contribution is 6.29. The molecule has 0 unspecified atom stereocenters. The number of hydrogen-bond acceptors (Lipinski definition) is 5. The number of halogens is 3. The quantitative estimate of drug-likeness (QED) is 0.470. The van der Waals surface area contributed by atoms with Crippen molar-refractivity contribution in [3.8, 4) is 0 Å². The van der Waals surface area contributed by atoms with Gasteiger partial charge in [0.2, 0.25) is 0 Å². The molecule has 0 heterocycles. The molecule has 8 heteroatoms. The average Bonchev–Trinajstić information content (AvgIpc) is 2.98. The van der Waals surface area contributed by atoms with Gasteiger partial charge in [0.05, 0.1) is 12.0 Å². The van der Waals surface area contributed by atoms with Gasteiger partial charge in [-0.3, -0.25) is 14.4 Å². The maximum Gasteiger partial charge on any atom is 0.306 e. The second kappa shape index (κ2) is 7.97. The first kappa shape index (κ1) is 25.0. The number of hydrogen-bond donors (Lipinski definition) is 1. The molecule has 186 valence electrons. The fraction of sp³-hybridized carbons (Fsp3) is 0.880. The Kier molecular flexibility index (Phi) is 6.05. The summed E-state index contributed by atoms with van der Waals surface area (Å²) in [5.41, 5.74) is -5.97. The van der Waals surface area contributed by atoms with Crippen molar-refractivity contribution in [2.24, 2.45) is 34.5 Å². The number of ether oxygens (including phenoxy) is 1. The zero-order chi connectivity index (χ0) is 24.6. The number of Topliss-reactive ketones (excluding diaryl/α,β-unsaturated/α-hetero) is 2. The molecule has 10 atom stereocenters. The number of rotatable bonds is 4. The molecule has 0 saturated heterocycles. The van der Waals surface area contributed by atoms with Gasteiger partial charge >= 0.3 is 5.97 Å². The van der Waals surface area contributed by atoms with Crippen LogP contribution in [0, 0.1) is 34.5 Å². The molecule has 0 aromatic heterocycles. The smallest absolute Gasteiger partial charge is 0.306 e. The summed E-state index contributed by atoms with van der Waals surface area (Å²) < 4.78 is 38.8. The highest BCUT2D eigenvalue weighted by atomic mass is 35.5. The van der Waals surface area contributed by atoms with E-state index < -0.39 is 69.8 Å². The Morgan fingerprint density at radius 2 is 1.85 bits per heavy atom. The summed E-state index contributed by atoms with van der Waals surface area (Å²) in [6.07, 6.45) is -2.30. The highest BCUT2D eigenvalue weighted by Crippen LogP contribution is 2.72. The summed E-state index contributed by atoms with van der Waals surface area (Å²) in [5, 5.41) is 11.4. The van der Waals surface area contributed by atoms with Gasteiger partial charge in [-0.2, -0.15) is 0 Å². The second-order valence-corrected chi connectivity index (χ2v) is 11.7. The molecule has 0 radical (unpaired) electrons. The van der Waals surface area contributed by atoms with Gasteiger partial charge in [0.15, 0.2) is 11.4 Å². The standard InChI is InChI=1S/C25H35ClF2O5/c1-5-21(32)33-25(20(31)12-26)13(2)8-15-16-10-18(27)17-9-14(29)6-7-22(17,3)24(16,28)19(30)11-23(15,25)4/h13,15-19,30H,5-12H2,1-4H3/t13-,15-,16-,17-,18-,19-,22-,23-,24-,25+/m0/s1. The minimum atomic E-state index is -2.10. The molecule has 0 spiro atoms. The van der Waals surface area contributed by atoms with Crippen molar-refractivity contribution in [2.45, 2.75) is 96.2 Å². The topological polar surface area (TPSA) is 80.7 Å². The number of aliphatic hydroxyl groups is 1. The van der Waals surface area contributed by atoms with Gasteiger partial charge in [-0.05, 0) is 31.6 Å². The van der Waals surface area contributed by atoms with E-state index in [0.29, 0.717) is 6.42 Å². The van der Waals surface area contributed by atoms with Crippen molar-refractivity contribution in [1.82, 2.24) is 0 Å². The minimum absolute atomic E-state index is 0.0100. The lowest BCUT2D eigenvalue weighted by molar-refractivity contribution is -0.267. The van der Waals surface area contributed by atoms with Gasteiger partial charge in [0.1, 0.15) is 17.6 Å². The molecule has 4 aliphatic rings. The van der Waals surface area contributed by atoms with Crippen LogP contribution < -0.4 is 0 Å². The molecule has 4 saturated carbocycles. The molecule has 0 aromatic rings. The maximum atomic E-state index is 17.3. The van der Waals surface area contributed by atoms with Crippen LogP contribution in [0.5, 0.6) is 0 Å². The molecule has 0 aliphatic heterocycles. The summed E-state index contributed by atoms with van der Waals surface area (Å²) in [5.74, 6) is -4.02. The van der Waals surface area contributed by atoms with Crippen LogP contribution in [0.1, 0.15) is 72.6 Å². The van der Waals surface area contributed by atoms with Gasteiger partial charge in [-0.25, -0.2) is 8.78 Å². The Balaban J connectivity index is 1.84. The zero-order valence-electron chi connectivity index (χ0n) is 19.8. The Labute approximate surface area is 199 Å². The zero-order valence-corrected chi connectivity index (χ0v) is 20.6. The summed E-state index contributed by atoms with van der Waals surface area (Å²) in [6.45, 7) is 6.87. The van der Waals surface area contributed by atoms with Crippen molar-refractivity contribution in [3.63, 3.8) is 0 Å².